The number of aryl methyl sites for hydroxylation is 1. The molecule has 2 N–H and O–H groups in total. The Bertz CT molecular complexity index is 702. The van der Waals surface area contributed by atoms with Crippen molar-refractivity contribution in [2.24, 2.45) is 0 Å². The molecule has 1 aromatic carbocycles. The van der Waals surface area contributed by atoms with Gasteiger partial charge in [-0.2, -0.15) is 0 Å². The Morgan fingerprint density at radius 1 is 1.35 bits per heavy atom. The van der Waals surface area contributed by atoms with Gasteiger partial charge < -0.3 is 10.2 Å². The standard InChI is InChI=1S/C12H9ClN2OS/c1-6-4-8(11(14)17-6)12-15-9-5-7(13)2-3-10(9)16-12/h2-5H,14H2,1H3. The van der Waals surface area contributed by atoms with Crippen molar-refractivity contribution in [1.29, 1.82) is 0 Å². The summed E-state index contributed by atoms with van der Waals surface area (Å²) in [5.74, 6) is 0.545. The van der Waals surface area contributed by atoms with E-state index in [1.807, 2.05) is 19.1 Å². The summed E-state index contributed by atoms with van der Waals surface area (Å²) >= 11 is 7.43. The van der Waals surface area contributed by atoms with Crippen LogP contribution in [0.15, 0.2) is 28.7 Å². The lowest BCUT2D eigenvalue weighted by molar-refractivity contribution is 0.620. The van der Waals surface area contributed by atoms with Crippen molar-refractivity contribution < 1.29 is 4.42 Å². The van der Waals surface area contributed by atoms with Crippen LogP contribution in [0.2, 0.25) is 5.02 Å². The van der Waals surface area contributed by atoms with Crippen LogP contribution in [0.4, 0.5) is 5.00 Å². The second-order valence-electron chi connectivity index (χ2n) is 3.77. The van der Waals surface area contributed by atoms with Crippen molar-refractivity contribution >= 4 is 39.0 Å². The van der Waals surface area contributed by atoms with Crippen molar-refractivity contribution in [2.75, 3.05) is 5.73 Å². The molecule has 0 unspecified atom stereocenters. The van der Waals surface area contributed by atoms with Crippen LogP contribution < -0.4 is 5.73 Å². The Morgan fingerprint density at radius 3 is 2.88 bits per heavy atom. The summed E-state index contributed by atoms with van der Waals surface area (Å²) in [6.07, 6.45) is 0. The number of aromatic nitrogens is 1. The van der Waals surface area contributed by atoms with Gasteiger partial charge in [-0.15, -0.1) is 11.3 Å². The van der Waals surface area contributed by atoms with Crippen LogP contribution in [0.3, 0.4) is 0 Å². The first-order valence-corrected chi connectivity index (χ1v) is 6.25. The summed E-state index contributed by atoms with van der Waals surface area (Å²) in [5, 5.41) is 1.37. The summed E-state index contributed by atoms with van der Waals surface area (Å²) in [6.45, 7) is 2.00. The van der Waals surface area contributed by atoms with Gasteiger partial charge in [0.15, 0.2) is 5.58 Å². The van der Waals surface area contributed by atoms with Gasteiger partial charge in [0.25, 0.3) is 0 Å². The van der Waals surface area contributed by atoms with Gasteiger partial charge in [-0.25, -0.2) is 4.98 Å². The number of nitrogens with two attached hydrogens (primary N) is 1. The number of oxazole rings is 1. The van der Waals surface area contributed by atoms with Crippen LogP contribution in [-0.2, 0) is 0 Å². The maximum Gasteiger partial charge on any atom is 0.230 e. The first-order valence-electron chi connectivity index (χ1n) is 5.06. The van der Waals surface area contributed by atoms with E-state index in [1.165, 1.54) is 11.3 Å². The number of hydrogen-bond acceptors (Lipinski definition) is 4. The highest BCUT2D eigenvalue weighted by molar-refractivity contribution is 7.16. The molecular weight excluding hydrogens is 256 g/mol. The van der Waals surface area contributed by atoms with E-state index < -0.39 is 0 Å². The van der Waals surface area contributed by atoms with Gasteiger partial charge >= 0.3 is 0 Å². The van der Waals surface area contributed by atoms with Crippen molar-refractivity contribution in [1.82, 2.24) is 4.98 Å². The molecule has 86 valence electrons. The highest BCUT2D eigenvalue weighted by Gasteiger charge is 2.13. The minimum Gasteiger partial charge on any atom is -0.436 e. The quantitative estimate of drug-likeness (QED) is 0.720. The van der Waals surface area contributed by atoms with E-state index in [0.717, 1.165) is 21.0 Å². The fourth-order valence-electron chi connectivity index (χ4n) is 1.72. The average molecular weight is 265 g/mol. The number of fused-ring (bicyclic) bond motifs is 1. The van der Waals surface area contributed by atoms with Gasteiger partial charge in [0.1, 0.15) is 5.52 Å². The third kappa shape index (κ3) is 1.79. The maximum absolute atomic E-state index is 5.92. The third-order valence-electron chi connectivity index (χ3n) is 2.46. The SMILES string of the molecule is Cc1cc(-c2nc3cc(Cl)ccc3o2)c(N)s1. The molecule has 2 heterocycles. The van der Waals surface area contributed by atoms with Crippen molar-refractivity contribution in [2.45, 2.75) is 6.92 Å². The Hall–Kier alpha value is -1.52. The summed E-state index contributed by atoms with van der Waals surface area (Å²) < 4.78 is 5.66. The second kappa shape index (κ2) is 3.75. The van der Waals surface area contributed by atoms with Gasteiger partial charge in [0, 0.05) is 9.90 Å². The van der Waals surface area contributed by atoms with E-state index in [9.17, 15) is 0 Å². The van der Waals surface area contributed by atoms with Crippen LogP contribution in [-0.4, -0.2) is 4.98 Å². The van der Waals surface area contributed by atoms with Crippen LogP contribution >= 0.6 is 22.9 Å². The highest BCUT2D eigenvalue weighted by atomic mass is 35.5. The summed E-state index contributed by atoms with van der Waals surface area (Å²) in [6, 6.07) is 7.34. The molecule has 0 fully saturated rings. The normalized spacial score (nSPS) is 11.2. The van der Waals surface area contributed by atoms with Crippen molar-refractivity contribution in [3.8, 4) is 11.5 Å². The van der Waals surface area contributed by atoms with Crippen LogP contribution in [0, 0.1) is 6.92 Å². The first-order chi connectivity index (χ1) is 8.13. The molecule has 0 saturated heterocycles. The monoisotopic (exact) mass is 264 g/mol. The molecule has 0 amide bonds. The average Bonchev–Trinajstić information content (AvgIpc) is 2.80. The molecular formula is C12H9ClN2OS. The van der Waals surface area contributed by atoms with Crippen LogP contribution in [0.5, 0.6) is 0 Å². The Morgan fingerprint density at radius 2 is 2.18 bits per heavy atom. The Kier molecular flexibility index (Phi) is 2.34. The number of benzene rings is 1. The number of rotatable bonds is 1. The summed E-state index contributed by atoms with van der Waals surface area (Å²) in [7, 11) is 0. The minimum atomic E-state index is 0.545. The molecule has 0 saturated carbocycles. The predicted octanol–water partition coefficient (Wildman–Crippen LogP) is 4.10. The molecule has 17 heavy (non-hydrogen) atoms. The number of halogens is 1. The lowest BCUT2D eigenvalue weighted by Gasteiger charge is -1.90. The van der Waals surface area contributed by atoms with Crippen LogP contribution in [0.1, 0.15) is 4.88 Å². The number of nitrogen functional groups attached to an aromatic ring is 1. The highest BCUT2D eigenvalue weighted by Crippen LogP contribution is 2.34. The van der Waals surface area contributed by atoms with E-state index in [0.29, 0.717) is 16.5 Å². The number of anilines is 1. The van der Waals surface area contributed by atoms with E-state index in [-0.39, 0.29) is 0 Å². The predicted molar refractivity (Wildman–Crippen MR) is 71.5 cm³/mol. The molecule has 0 atom stereocenters. The molecule has 0 aliphatic heterocycles. The minimum absolute atomic E-state index is 0.545. The molecule has 3 rings (SSSR count). The second-order valence-corrected chi connectivity index (χ2v) is 5.49. The first kappa shape index (κ1) is 10.6. The summed E-state index contributed by atoms with van der Waals surface area (Å²) in [4.78, 5) is 5.53. The fourth-order valence-corrected chi connectivity index (χ4v) is 2.66. The van der Waals surface area contributed by atoms with Gasteiger partial charge in [0.2, 0.25) is 5.89 Å². The van der Waals surface area contributed by atoms with Gasteiger partial charge in [0.05, 0.1) is 10.6 Å². The Labute approximate surface area is 107 Å². The molecule has 0 radical (unpaired) electrons. The van der Waals surface area contributed by atoms with Crippen LogP contribution in [0.25, 0.3) is 22.6 Å². The van der Waals surface area contributed by atoms with E-state index in [2.05, 4.69) is 4.98 Å². The lowest BCUT2D eigenvalue weighted by atomic mass is 10.3. The maximum atomic E-state index is 5.92. The van der Waals surface area contributed by atoms with Gasteiger partial charge in [-0.05, 0) is 31.2 Å². The topological polar surface area (TPSA) is 52.0 Å². The molecule has 0 aliphatic carbocycles. The fraction of sp³-hybridized carbons (Fsp3) is 0.0833. The largest absolute Gasteiger partial charge is 0.436 e. The van der Waals surface area contributed by atoms with Crippen molar-refractivity contribution in [3.05, 3.63) is 34.2 Å². The molecule has 0 bridgehead atoms. The Balaban J connectivity index is 2.21. The van der Waals surface area contributed by atoms with E-state index >= 15 is 0 Å². The number of thiophene rings is 1. The number of nitrogens with zero attached hydrogens (tertiary/aromatic N) is 1. The smallest absolute Gasteiger partial charge is 0.230 e. The zero-order chi connectivity index (χ0) is 12.0. The molecule has 0 aliphatic rings. The zero-order valence-electron chi connectivity index (χ0n) is 9.03. The van der Waals surface area contributed by atoms with Crippen molar-refractivity contribution in [3.63, 3.8) is 0 Å². The van der Waals surface area contributed by atoms with E-state index in [4.69, 9.17) is 21.8 Å². The molecule has 3 nitrogen and oxygen atoms in total. The lowest BCUT2D eigenvalue weighted by Crippen LogP contribution is -1.82. The third-order valence-corrected chi connectivity index (χ3v) is 3.58. The molecule has 0 spiro atoms. The molecule has 2 aromatic heterocycles. The zero-order valence-corrected chi connectivity index (χ0v) is 10.6. The van der Waals surface area contributed by atoms with Gasteiger partial charge in [-0.3, -0.25) is 0 Å². The summed E-state index contributed by atoms with van der Waals surface area (Å²) in [5.41, 5.74) is 8.23. The number of hydrogen-bond donors (Lipinski definition) is 1. The van der Waals surface area contributed by atoms with Gasteiger partial charge in [-0.1, -0.05) is 11.6 Å². The van der Waals surface area contributed by atoms with E-state index in [1.54, 1.807) is 12.1 Å². The molecule has 3 aromatic rings. The molecule has 5 heteroatoms.